The smallest absolute Gasteiger partial charge is 0.325 e. The molecule has 1 amide bonds. The molecule has 0 saturated carbocycles. The first-order valence-corrected chi connectivity index (χ1v) is 7.15. The summed E-state index contributed by atoms with van der Waals surface area (Å²) in [5, 5.41) is 11.5. The van der Waals surface area contributed by atoms with Gasteiger partial charge >= 0.3 is 5.97 Å². The summed E-state index contributed by atoms with van der Waals surface area (Å²) in [7, 11) is 0. The zero-order chi connectivity index (χ0) is 15.4. The lowest BCUT2D eigenvalue weighted by atomic mass is 9.99. The van der Waals surface area contributed by atoms with E-state index in [2.05, 4.69) is 10.2 Å². The van der Waals surface area contributed by atoms with Crippen LogP contribution in [0, 0.1) is 5.92 Å². The number of nitrogens with zero attached hydrogens (tertiary/aromatic N) is 1. The summed E-state index contributed by atoms with van der Waals surface area (Å²) in [5.41, 5.74) is 0. The fourth-order valence-corrected chi connectivity index (χ4v) is 2.70. The van der Waals surface area contributed by atoms with Crippen LogP contribution in [-0.4, -0.2) is 59.3 Å². The average Bonchev–Trinajstić information content (AvgIpc) is 2.26. The molecule has 0 radical (unpaired) electrons. The Morgan fingerprint density at radius 3 is 2.10 bits per heavy atom. The zero-order valence-corrected chi connectivity index (χ0v) is 12.9. The van der Waals surface area contributed by atoms with Crippen LogP contribution in [0.25, 0.3) is 0 Å². The second kappa shape index (κ2) is 7.04. The summed E-state index contributed by atoms with van der Waals surface area (Å²) < 4.78 is 5.68. The number of hydrogen-bond acceptors (Lipinski definition) is 4. The molecule has 0 aromatic carbocycles. The topological polar surface area (TPSA) is 78.9 Å². The normalized spacial score (nSPS) is 27.1. The fourth-order valence-electron chi connectivity index (χ4n) is 2.70. The molecule has 116 valence electrons. The maximum absolute atomic E-state index is 12.4. The number of ether oxygens (including phenoxy) is 1. The van der Waals surface area contributed by atoms with Gasteiger partial charge in [-0.15, -0.1) is 0 Å². The van der Waals surface area contributed by atoms with E-state index in [1.54, 1.807) is 0 Å². The van der Waals surface area contributed by atoms with Gasteiger partial charge in [0.15, 0.2) is 0 Å². The molecule has 20 heavy (non-hydrogen) atoms. The lowest BCUT2D eigenvalue weighted by molar-refractivity contribution is -0.144. The third kappa shape index (κ3) is 4.45. The molecule has 1 fully saturated rings. The number of hydrogen-bond donors (Lipinski definition) is 2. The van der Waals surface area contributed by atoms with Crippen LogP contribution in [0.4, 0.5) is 0 Å². The molecule has 0 unspecified atom stereocenters. The van der Waals surface area contributed by atoms with Crippen molar-refractivity contribution < 1.29 is 19.4 Å². The molecule has 1 saturated heterocycles. The van der Waals surface area contributed by atoms with Crippen molar-refractivity contribution >= 4 is 11.9 Å². The molecule has 0 bridgehead atoms. The van der Waals surface area contributed by atoms with E-state index in [0.717, 1.165) is 0 Å². The highest BCUT2D eigenvalue weighted by atomic mass is 16.5. The van der Waals surface area contributed by atoms with E-state index in [0.29, 0.717) is 13.1 Å². The number of carbonyl (C=O) groups is 2. The number of aliphatic carboxylic acids is 1. The first kappa shape index (κ1) is 16.9. The van der Waals surface area contributed by atoms with Gasteiger partial charge in [-0.3, -0.25) is 14.5 Å². The maximum Gasteiger partial charge on any atom is 0.325 e. The largest absolute Gasteiger partial charge is 0.480 e. The molecule has 1 aliphatic rings. The number of amides is 1. The second-order valence-electron chi connectivity index (χ2n) is 5.97. The predicted octanol–water partition coefficient (Wildman–Crippen LogP) is 0.710. The summed E-state index contributed by atoms with van der Waals surface area (Å²) in [6.45, 7) is 10.8. The standard InChI is InChI=1S/C14H26N2O4/c1-8(2)12(13(17)15-11(5)14(18)19)16-6-9(3)20-10(4)7-16/h8-12H,6-7H2,1-5H3,(H,15,17)(H,18,19)/t9-,10-,11+,12-/m1/s1. The Morgan fingerprint density at radius 2 is 1.70 bits per heavy atom. The van der Waals surface area contributed by atoms with E-state index in [9.17, 15) is 9.59 Å². The van der Waals surface area contributed by atoms with E-state index in [-0.39, 0.29) is 30.1 Å². The van der Waals surface area contributed by atoms with Crippen LogP contribution in [0.3, 0.4) is 0 Å². The molecule has 0 aromatic rings. The minimum Gasteiger partial charge on any atom is -0.480 e. The third-order valence-electron chi connectivity index (χ3n) is 3.47. The van der Waals surface area contributed by atoms with Gasteiger partial charge in [-0.1, -0.05) is 13.8 Å². The molecule has 1 rings (SSSR count). The molecule has 6 nitrogen and oxygen atoms in total. The van der Waals surface area contributed by atoms with Crippen LogP contribution >= 0.6 is 0 Å². The molecule has 6 heteroatoms. The van der Waals surface area contributed by atoms with Gasteiger partial charge in [0.1, 0.15) is 6.04 Å². The highest BCUT2D eigenvalue weighted by Gasteiger charge is 2.35. The van der Waals surface area contributed by atoms with Crippen LogP contribution in [0.1, 0.15) is 34.6 Å². The van der Waals surface area contributed by atoms with Crippen molar-refractivity contribution in [3.8, 4) is 0 Å². The summed E-state index contributed by atoms with van der Waals surface area (Å²) in [5.74, 6) is -1.14. The van der Waals surface area contributed by atoms with Gasteiger partial charge in [0.25, 0.3) is 0 Å². The van der Waals surface area contributed by atoms with Crippen molar-refractivity contribution in [3.05, 3.63) is 0 Å². The van der Waals surface area contributed by atoms with Crippen molar-refractivity contribution in [2.45, 2.75) is 58.9 Å². The number of carbonyl (C=O) groups excluding carboxylic acids is 1. The Bertz CT molecular complexity index is 349. The lowest BCUT2D eigenvalue weighted by Gasteiger charge is -2.41. The number of rotatable bonds is 5. The van der Waals surface area contributed by atoms with Gasteiger partial charge in [-0.25, -0.2) is 0 Å². The molecular formula is C14H26N2O4. The van der Waals surface area contributed by atoms with Crippen molar-refractivity contribution in [1.82, 2.24) is 10.2 Å². The van der Waals surface area contributed by atoms with E-state index in [1.807, 2.05) is 27.7 Å². The highest BCUT2D eigenvalue weighted by molar-refractivity contribution is 5.86. The minimum absolute atomic E-state index is 0.0738. The molecule has 1 heterocycles. The van der Waals surface area contributed by atoms with Gasteiger partial charge in [0.05, 0.1) is 18.2 Å². The summed E-state index contributed by atoms with van der Waals surface area (Å²) in [6, 6.07) is -1.20. The van der Waals surface area contributed by atoms with Crippen LogP contribution in [0.2, 0.25) is 0 Å². The van der Waals surface area contributed by atoms with Gasteiger partial charge < -0.3 is 15.2 Å². The van der Waals surface area contributed by atoms with Gasteiger partial charge in [0.2, 0.25) is 5.91 Å². The van der Waals surface area contributed by atoms with Crippen LogP contribution in [-0.2, 0) is 14.3 Å². The zero-order valence-electron chi connectivity index (χ0n) is 12.9. The molecule has 0 aliphatic carbocycles. The van der Waals surface area contributed by atoms with Crippen LogP contribution in [0.5, 0.6) is 0 Å². The first-order chi connectivity index (χ1) is 9.22. The van der Waals surface area contributed by atoms with Crippen LogP contribution < -0.4 is 5.32 Å². The number of carboxylic acid groups (broad SMARTS) is 1. The van der Waals surface area contributed by atoms with E-state index in [1.165, 1.54) is 6.92 Å². The Hall–Kier alpha value is -1.14. The minimum atomic E-state index is -1.02. The van der Waals surface area contributed by atoms with E-state index in [4.69, 9.17) is 9.84 Å². The van der Waals surface area contributed by atoms with E-state index < -0.39 is 12.0 Å². The predicted molar refractivity (Wildman–Crippen MR) is 75.4 cm³/mol. The quantitative estimate of drug-likeness (QED) is 0.778. The highest BCUT2D eigenvalue weighted by Crippen LogP contribution is 2.18. The molecule has 0 aromatic heterocycles. The van der Waals surface area contributed by atoms with Crippen LogP contribution in [0.15, 0.2) is 0 Å². The third-order valence-corrected chi connectivity index (χ3v) is 3.47. The summed E-state index contributed by atoms with van der Waals surface area (Å²) in [4.78, 5) is 25.3. The number of nitrogens with one attached hydrogen (secondary N) is 1. The summed E-state index contributed by atoms with van der Waals surface area (Å²) in [6.07, 6.45) is 0.148. The van der Waals surface area contributed by atoms with Crippen molar-refractivity contribution in [2.75, 3.05) is 13.1 Å². The van der Waals surface area contributed by atoms with Gasteiger partial charge in [0, 0.05) is 13.1 Å². The van der Waals surface area contributed by atoms with Gasteiger partial charge in [-0.05, 0) is 26.7 Å². The Balaban J connectivity index is 2.77. The lowest BCUT2D eigenvalue weighted by Crippen LogP contribution is -2.58. The van der Waals surface area contributed by atoms with E-state index >= 15 is 0 Å². The fraction of sp³-hybridized carbons (Fsp3) is 0.857. The Labute approximate surface area is 120 Å². The Kier molecular flexibility index (Phi) is 5.95. The molecule has 0 spiro atoms. The van der Waals surface area contributed by atoms with Crippen molar-refractivity contribution in [3.63, 3.8) is 0 Å². The monoisotopic (exact) mass is 286 g/mol. The molecule has 4 atom stereocenters. The SMILES string of the molecule is CC(C)[C@H](C(=O)N[C@@H](C)C(=O)O)N1C[C@@H](C)O[C@H](C)C1. The van der Waals surface area contributed by atoms with Gasteiger partial charge in [-0.2, -0.15) is 0 Å². The second-order valence-corrected chi connectivity index (χ2v) is 5.97. The number of carboxylic acids is 1. The molecular weight excluding hydrogens is 260 g/mol. The molecule has 1 aliphatic heterocycles. The first-order valence-electron chi connectivity index (χ1n) is 7.15. The van der Waals surface area contributed by atoms with Crippen molar-refractivity contribution in [2.24, 2.45) is 5.92 Å². The molecule has 2 N–H and O–H groups in total. The maximum atomic E-state index is 12.4. The van der Waals surface area contributed by atoms with Crippen molar-refractivity contribution in [1.29, 1.82) is 0 Å². The number of morpholine rings is 1. The summed E-state index contributed by atoms with van der Waals surface area (Å²) >= 11 is 0. The Morgan fingerprint density at radius 1 is 1.20 bits per heavy atom. The average molecular weight is 286 g/mol.